The van der Waals surface area contributed by atoms with Crippen molar-refractivity contribution in [3.05, 3.63) is 16.7 Å². The molecule has 1 aliphatic rings. The number of rotatable bonds is 9. The quantitative estimate of drug-likeness (QED) is 0.147. The molecule has 0 saturated carbocycles. The number of nitrogens with zero attached hydrogens (tertiary/aromatic N) is 3. The molecule has 8 N–H and O–H groups in total. The molecule has 1 saturated heterocycles. The van der Waals surface area contributed by atoms with Gasteiger partial charge in [-0.05, 0) is 13.8 Å². The lowest BCUT2D eigenvalue weighted by Gasteiger charge is -2.34. The van der Waals surface area contributed by atoms with Crippen LogP contribution in [0.5, 0.6) is 0 Å². The molecule has 0 aromatic carbocycles. The summed E-state index contributed by atoms with van der Waals surface area (Å²) in [5.41, 5.74) is 2.16. The van der Waals surface area contributed by atoms with Crippen molar-refractivity contribution in [3.63, 3.8) is 0 Å². The van der Waals surface area contributed by atoms with Crippen LogP contribution in [0.25, 0.3) is 11.2 Å². The van der Waals surface area contributed by atoms with E-state index >= 15 is 0 Å². The van der Waals surface area contributed by atoms with E-state index in [9.17, 15) is 37.8 Å². The molecule has 1 fully saturated rings. The molecule has 0 spiro atoms. The van der Waals surface area contributed by atoms with Gasteiger partial charge in [0.1, 0.15) is 29.4 Å². The van der Waals surface area contributed by atoms with E-state index in [-0.39, 0.29) is 17.1 Å². The molecular weight excluding hydrogens is 582 g/mol. The third kappa shape index (κ3) is 5.89. The van der Waals surface area contributed by atoms with Crippen molar-refractivity contribution in [2.75, 3.05) is 12.4 Å². The van der Waals surface area contributed by atoms with E-state index in [2.05, 4.69) is 23.6 Å². The second-order valence-corrected chi connectivity index (χ2v) is 13.0. The number of aromatic amines is 1. The van der Waals surface area contributed by atoms with Crippen LogP contribution in [0.2, 0.25) is 0 Å². The summed E-state index contributed by atoms with van der Waals surface area (Å²) >= 11 is 6.34. The Hall–Kier alpha value is -1.30. The standard InChI is InChI=1S/C13H20ClFN5O13P3/c1-12(2,31-35(26,27)33-36(28,29)32-34(23,24)25)7-6(21)13(14,3-15)10(30-7)20-4-17-5-8(20)18-11(16)19-9(5)22/h4,6-7,10,21H,3H2,1-2H3,(H,26,27)(H,28,29)(H2,23,24,25)(H3,16,18,19,22)/t6?,7-,10+,13+/m0/s1. The molecule has 3 unspecified atom stereocenters. The number of fused-ring (bicyclic) bond motifs is 1. The Balaban J connectivity index is 1.94. The Morgan fingerprint density at radius 3 is 2.44 bits per heavy atom. The summed E-state index contributed by atoms with van der Waals surface area (Å²) in [7, 11) is -17.2. The summed E-state index contributed by atoms with van der Waals surface area (Å²) in [6.07, 6.45) is -4.44. The maximum atomic E-state index is 14.2. The summed E-state index contributed by atoms with van der Waals surface area (Å²) in [4.78, 5) is 56.1. The van der Waals surface area contributed by atoms with Gasteiger partial charge in [-0.3, -0.25) is 18.9 Å². The van der Waals surface area contributed by atoms with Gasteiger partial charge in [0.15, 0.2) is 17.4 Å². The van der Waals surface area contributed by atoms with Crippen molar-refractivity contribution in [2.24, 2.45) is 0 Å². The molecule has 1 aliphatic heterocycles. The van der Waals surface area contributed by atoms with Gasteiger partial charge >= 0.3 is 23.5 Å². The first-order chi connectivity index (χ1) is 16.2. The lowest BCUT2D eigenvalue weighted by molar-refractivity contribution is -0.117. The lowest BCUT2D eigenvalue weighted by Crippen LogP contribution is -2.50. The maximum absolute atomic E-state index is 14.2. The van der Waals surface area contributed by atoms with Gasteiger partial charge in [-0.2, -0.15) is 13.6 Å². The molecule has 0 bridgehead atoms. The van der Waals surface area contributed by atoms with Crippen LogP contribution in [-0.2, 0) is 31.6 Å². The topological polar surface area (TPSA) is 279 Å². The molecule has 3 rings (SSSR count). The molecule has 18 nitrogen and oxygen atoms in total. The summed E-state index contributed by atoms with van der Waals surface area (Å²) in [5.74, 6) is -0.335. The number of alkyl halides is 2. The van der Waals surface area contributed by atoms with Crippen molar-refractivity contribution in [3.8, 4) is 0 Å². The van der Waals surface area contributed by atoms with E-state index in [4.69, 9.17) is 36.4 Å². The zero-order valence-electron chi connectivity index (χ0n) is 18.0. The summed E-state index contributed by atoms with van der Waals surface area (Å²) in [5, 5.41) is 10.8. The smallest absolute Gasteiger partial charge is 0.388 e. The second kappa shape index (κ2) is 9.47. The Bertz CT molecular complexity index is 1360. The van der Waals surface area contributed by atoms with E-state index in [0.717, 1.165) is 24.7 Å². The van der Waals surface area contributed by atoms with Gasteiger partial charge in [0.25, 0.3) is 5.56 Å². The van der Waals surface area contributed by atoms with Crippen LogP contribution in [0.15, 0.2) is 11.1 Å². The highest BCUT2D eigenvalue weighted by Crippen LogP contribution is 2.67. The van der Waals surface area contributed by atoms with E-state index in [1.165, 1.54) is 0 Å². The molecule has 6 atom stereocenters. The minimum absolute atomic E-state index is 0.210. The first kappa shape index (κ1) is 29.3. The number of hydrogen-bond acceptors (Lipinski definition) is 12. The molecule has 0 amide bonds. The minimum Gasteiger partial charge on any atom is -0.388 e. The van der Waals surface area contributed by atoms with Gasteiger partial charge < -0.3 is 35.2 Å². The molecule has 23 heteroatoms. The molecule has 2 aromatic heterocycles. The van der Waals surface area contributed by atoms with Gasteiger partial charge in [-0.25, -0.2) is 23.1 Å². The van der Waals surface area contributed by atoms with Crippen molar-refractivity contribution in [1.29, 1.82) is 0 Å². The predicted octanol–water partition coefficient (Wildman–Crippen LogP) is 0.0291. The summed E-state index contributed by atoms with van der Waals surface area (Å²) < 4.78 is 67.6. The second-order valence-electron chi connectivity index (χ2n) is 7.98. The Kier molecular flexibility index (Phi) is 7.69. The number of anilines is 1. The zero-order valence-corrected chi connectivity index (χ0v) is 21.5. The van der Waals surface area contributed by atoms with Crippen LogP contribution >= 0.6 is 35.1 Å². The molecule has 0 radical (unpaired) electrons. The average molecular weight is 602 g/mol. The predicted molar refractivity (Wildman–Crippen MR) is 116 cm³/mol. The number of ether oxygens (including phenoxy) is 1. The van der Waals surface area contributed by atoms with Crippen LogP contribution in [0, 0.1) is 0 Å². The number of nitrogens with one attached hydrogen (secondary N) is 1. The summed E-state index contributed by atoms with van der Waals surface area (Å²) in [6, 6.07) is 0. The molecular formula is C13H20ClFN5O13P3. The van der Waals surface area contributed by atoms with E-state index in [1.54, 1.807) is 0 Å². The first-order valence-corrected chi connectivity index (χ1v) is 14.3. The average Bonchev–Trinajstić information content (AvgIpc) is 3.17. The van der Waals surface area contributed by atoms with Crippen molar-refractivity contribution in [1.82, 2.24) is 19.5 Å². The molecule has 36 heavy (non-hydrogen) atoms. The van der Waals surface area contributed by atoms with Crippen LogP contribution in [0.4, 0.5) is 10.3 Å². The Morgan fingerprint density at radius 2 is 1.89 bits per heavy atom. The number of aliphatic hydroxyl groups excluding tert-OH is 1. The largest absolute Gasteiger partial charge is 0.490 e. The number of aliphatic hydroxyl groups is 1. The van der Waals surface area contributed by atoms with Gasteiger partial charge in [0, 0.05) is 0 Å². The zero-order chi connectivity index (χ0) is 27.5. The van der Waals surface area contributed by atoms with E-state index < -0.39 is 64.6 Å². The molecule has 204 valence electrons. The van der Waals surface area contributed by atoms with Crippen LogP contribution in [0.1, 0.15) is 20.1 Å². The van der Waals surface area contributed by atoms with Crippen molar-refractivity contribution in [2.45, 2.75) is 42.8 Å². The van der Waals surface area contributed by atoms with E-state index in [0.29, 0.717) is 0 Å². The minimum atomic E-state index is -5.84. The van der Waals surface area contributed by atoms with E-state index in [1.807, 2.05) is 0 Å². The number of imidazole rings is 1. The number of phosphoric ester groups is 1. The normalized spacial score (nSPS) is 28.8. The van der Waals surface area contributed by atoms with Gasteiger partial charge in [-0.1, -0.05) is 0 Å². The summed E-state index contributed by atoms with van der Waals surface area (Å²) in [6.45, 7) is 0.578. The number of H-pyrrole nitrogens is 1. The number of halogens is 2. The molecule has 0 aliphatic carbocycles. The van der Waals surface area contributed by atoms with Crippen molar-refractivity contribution >= 4 is 52.2 Å². The number of nitrogens with two attached hydrogens (primary N) is 1. The molecule has 2 aromatic rings. The lowest BCUT2D eigenvalue weighted by atomic mass is 9.91. The first-order valence-electron chi connectivity index (χ1n) is 9.37. The fourth-order valence-corrected chi connectivity index (χ4v) is 7.08. The molecule has 3 heterocycles. The highest BCUT2D eigenvalue weighted by atomic mass is 35.5. The number of hydrogen-bond donors (Lipinski definition) is 7. The maximum Gasteiger partial charge on any atom is 0.490 e. The third-order valence-electron chi connectivity index (χ3n) is 4.82. The highest BCUT2D eigenvalue weighted by molar-refractivity contribution is 7.66. The van der Waals surface area contributed by atoms with Crippen LogP contribution in [-0.4, -0.2) is 73.6 Å². The Labute approximate surface area is 204 Å². The van der Waals surface area contributed by atoms with Gasteiger partial charge in [0.2, 0.25) is 5.95 Å². The monoisotopic (exact) mass is 601 g/mol. The van der Waals surface area contributed by atoms with Crippen LogP contribution < -0.4 is 11.3 Å². The third-order valence-corrected chi connectivity index (χ3v) is 9.36. The van der Waals surface area contributed by atoms with Crippen LogP contribution in [0.3, 0.4) is 0 Å². The fourth-order valence-electron chi connectivity index (χ4n) is 3.47. The van der Waals surface area contributed by atoms with Gasteiger partial charge in [-0.15, -0.1) is 11.6 Å². The fraction of sp³-hybridized carbons (Fsp3) is 0.615. The number of phosphoric acid groups is 3. The van der Waals surface area contributed by atoms with Gasteiger partial charge in [0.05, 0.1) is 6.33 Å². The SMILES string of the molecule is CC(C)(OP(=O)(O)OP(=O)(O)OP(=O)(O)O)[C@H]1O[C@@H](n2cnc3c(=O)[nH]c(N)nc32)[C@@](Cl)(CF)C1O. The Morgan fingerprint density at radius 1 is 1.28 bits per heavy atom. The van der Waals surface area contributed by atoms with Crippen molar-refractivity contribution < 1.29 is 60.6 Å². The number of aromatic nitrogens is 4. The number of nitrogen functional groups attached to an aromatic ring is 1. The highest BCUT2D eigenvalue weighted by Gasteiger charge is 2.62.